The molecule has 1 saturated heterocycles. The Morgan fingerprint density at radius 2 is 2.38 bits per heavy atom. The Morgan fingerprint density at radius 3 is 3.12 bits per heavy atom. The molecule has 2 bridgehead atoms. The summed E-state index contributed by atoms with van der Waals surface area (Å²) in [6.45, 7) is 2.88. The maximum Gasteiger partial charge on any atom is 0.0972 e. The summed E-state index contributed by atoms with van der Waals surface area (Å²) >= 11 is 1.90. The molecule has 1 aromatic rings. The van der Waals surface area contributed by atoms with Crippen molar-refractivity contribution in [2.75, 3.05) is 13.6 Å². The minimum Gasteiger partial charge on any atom is -0.330 e. The molecule has 3 unspecified atom stereocenters. The summed E-state index contributed by atoms with van der Waals surface area (Å²) in [4.78, 5) is 8.87. The molecule has 1 aromatic heterocycles. The van der Waals surface area contributed by atoms with E-state index in [1.807, 2.05) is 11.3 Å². The third-order valence-electron chi connectivity index (χ3n) is 4.09. The van der Waals surface area contributed by atoms with E-state index in [2.05, 4.69) is 18.9 Å². The van der Waals surface area contributed by atoms with Gasteiger partial charge in [0.25, 0.3) is 0 Å². The Kier molecular flexibility index (Phi) is 2.53. The van der Waals surface area contributed by atoms with Crippen LogP contribution in [0.25, 0.3) is 0 Å². The molecule has 3 heterocycles. The topological polar surface area (TPSA) is 42.1 Å². The number of thiazole rings is 1. The predicted octanol–water partition coefficient (Wildman–Crippen LogP) is 1.90. The summed E-state index contributed by atoms with van der Waals surface area (Å²) in [5.74, 6) is 0.416. The fraction of sp³-hybridized carbons (Fsp3) is 0.750. The van der Waals surface area contributed by atoms with Gasteiger partial charge in [-0.05, 0) is 19.9 Å². The summed E-state index contributed by atoms with van der Waals surface area (Å²) in [7, 11) is 2.26. The van der Waals surface area contributed by atoms with Gasteiger partial charge in [0, 0.05) is 35.8 Å². The Balaban J connectivity index is 1.97. The van der Waals surface area contributed by atoms with Gasteiger partial charge in [0.1, 0.15) is 0 Å². The monoisotopic (exact) mass is 237 g/mol. The summed E-state index contributed by atoms with van der Waals surface area (Å²) in [5, 5.41) is 1.24. The van der Waals surface area contributed by atoms with Crippen molar-refractivity contribution in [3.8, 4) is 0 Å². The fourth-order valence-electron chi connectivity index (χ4n) is 2.90. The fourth-order valence-corrected chi connectivity index (χ4v) is 4.24. The molecule has 3 atom stereocenters. The van der Waals surface area contributed by atoms with Crippen molar-refractivity contribution in [3.63, 3.8) is 0 Å². The summed E-state index contributed by atoms with van der Waals surface area (Å²) in [5.41, 5.74) is 7.09. The highest BCUT2D eigenvalue weighted by molar-refractivity contribution is 7.12. The molecule has 0 radical (unpaired) electrons. The number of aromatic nitrogens is 1. The first-order valence-corrected chi connectivity index (χ1v) is 6.94. The molecule has 0 aliphatic carbocycles. The van der Waals surface area contributed by atoms with E-state index in [-0.39, 0.29) is 0 Å². The molecule has 2 N–H and O–H groups in total. The van der Waals surface area contributed by atoms with Gasteiger partial charge >= 0.3 is 0 Å². The van der Waals surface area contributed by atoms with E-state index in [4.69, 9.17) is 10.7 Å². The lowest BCUT2D eigenvalue weighted by Gasteiger charge is -2.29. The molecule has 4 heteroatoms. The van der Waals surface area contributed by atoms with Gasteiger partial charge in [-0.3, -0.25) is 4.90 Å². The molecule has 1 fully saturated rings. The maximum absolute atomic E-state index is 5.72. The van der Waals surface area contributed by atoms with Crippen molar-refractivity contribution in [1.29, 1.82) is 0 Å². The minimum atomic E-state index is 0.416. The van der Waals surface area contributed by atoms with Crippen LogP contribution in [0.1, 0.15) is 47.3 Å². The van der Waals surface area contributed by atoms with Gasteiger partial charge in [-0.1, -0.05) is 6.92 Å². The summed E-state index contributed by atoms with van der Waals surface area (Å²) in [6.07, 6.45) is 3.80. The van der Waals surface area contributed by atoms with E-state index in [1.165, 1.54) is 28.4 Å². The molecular formula is C12H19N3S. The zero-order valence-electron chi connectivity index (χ0n) is 9.94. The van der Waals surface area contributed by atoms with Crippen molar-refractivity contribution in [2.45, 2.75) is 44.2 Å². The number of likely N-dealkylation sites (N-methyl/N-ethyl adjacent to an activating group) is 1. The highest BCUT2D eigenvalue weighted by Crippen LogP contribution is 2.45. The van der Waals surface area contributed by atoms with Gasteiger partial charge in [-0.15, -0.1) is 11.3 Å². The largest absolute Gasteiger partial charge is 0.330 e. The van der Waals surface area contributed by atoms with Crippen LogP contribution in [0.15, 0.2) is 0 Å². The second-order valence-corrected chi connectivity index (χ2v) is 6.18. The van der Waals surface area contributed by atoms with Gasteiger partial charge in [-0.25, -0.2) is 4.98 Å². The van der Waals surface area contributed by atoms with Crippen LogP contribution in [0.5, 0.6) is 0 Å². The van der Waals surface area contributed by atoms with Crippen molar-refractivity contribution >= 4 is 11.3 Å². The predicted molar refractivity (Wildman–Crippen MR) is 66.8 cm³/mol. The molecule has 2 aliphatic rings. The second kappa shape index (κ2) is 3.79. The molecule has 16 heavy (non-hydrogen) atoms. The average Bonchev–Trinajstić information content (AvgIpc) is 2.80. The number of rotatable bonds is 2. The zero-order valence-corrected chi connectivity index (χ0v) is 10.8. The van der Waals surface area contributed by atoms with E-state index in [1.54, 1.807) is 0 Å². The lowest BCUT2D eigenvalue weighted by Crippen LogP contribution is -2.33. The minimum absolute atomic E-state index is 0.416. The van der Waals surface area contributed by atoms with Crippen molar-refractivity contribution in [1.82, 2.24) is 9.88 Å². The van der Waals surface area contributed by atoms with Crippen LogP contribution in [-0.4, -0.2) is 29.5 Å². The Labute approximate surface area is 101 Å². The third-order valence-corrected chi connectivity index (χ3v) is 5.52. The zero-order chi connectivity index (χ0) is 11.3. The summed E-state index contributed by atoms with van der Waals surface area (Å²) < 4.78 is 0. The lowest BCUT2D eigenvalue weighted by molar-refractivity contribution is 0.226. The van der Waals surface area contributed by atoms with Crippen molar-refractivity contribution in [3.05, 3.63) is 15.6 Å². The Hall–Kier alpha value is -0.450. The van der Waals surface area contributed by atoms with Crippen LogP contribution in [0.4, 0.5) is 0 Å². The van der Waals surface area contributed by atoms with Crippen LogP contribution in [0, 0.1) is 0 Å². The molecule has 88 valence electrons. The number of hydrogen-bond acceptors (Lipinski definition) is 4. The number of nitrogens with zero attached hydrogens (tertiary/aromatic N) is 2. The van der Waals surface area contributed by atoms with Crippen LogP contribution in [0.2, 0.25) is 0 Å². The quantitative estimate of drug-likeness (QED) is 0.854. The van der Waals surface area contributed by atoms with Gasteiger partial charge in [-0.2, -0.15) is 0 Å². The van der Waals surface area contributed by atoms with Gasteiger partial charge in [0.05, 0.1) is 10.7 Å². The molecule has 3 rings (SSSR count). The number of hydrogen-bond donors (Lipinski definition) is 1. The molecule has 0 spiro atoms. The normalized spacial score (nSPS) is 30.4. The van der Waals surface area contributed by atoms with Gasteiger partial charge in [0.2, 0.25) is 0 Å². The van der Waals surface area contributed by atoms with E-state index in [9.17, 15) is 0 Å². The van der Waals surface area contributed by atoms with Crippen LogP contribution in [-0.2, 0) is 6.42 Å². The molecule has 0 saturated carbocycles. The SMILES string of the molecule is CC(CN)c1nc2c(s1)C1CCC(C2)N1C. The number of nitrogens with two attached hydrogens (primary N) is 1. The molecule has 0 aromatic carbocycles. The highest BCUT2D eigenvalue weighted by Gasteiger charge is 2.39. The first-order chi connectivity index (χ1) is 7.70. The van der Waals surface area contributed by atoms with E-state index < -0.39 is 0 Å². The smallest absolute Gasteiger partial charge is 0.0972 e. The first-order valence-electron chi connectivity index (χ1n) is 6.12. The van der Waals surface area contributed by atoms with Crippen molar-refractivity contribution in [2.24, 2.45) is 5.73 Å². The maximum atomic E-state index is 5.72. The van der Waals surface area contributed by atoms with Gasteiger partial charge in [0.15, 0.2) is 0 Å². The second-order valence-electron chi connectivity index (χ2n) is 5.12. The van der Waals surface area contributed by atoms with Crippen LogP contribution < -0.4 is 5.73 Å². The molecule has 2 aliphatic heterocycles. The third kappa shape index (κ3) is 1.44. The average molecular weight is 237 g/mol. The molecule has 0 amide bonds. The number of fused-ring (bicyclic) bond motifs is 4. The summed E-state index contributed by atoms with van der Waals surface area (Å²) in [6, 6.07) is 1.38. The van der Waals surface area contributed by atoms with Crippen molar-refractivity contribution < 1.29 is 0 Å². The van der Waals surface area contributed by atoms with Crippen LogP contribution >= 0.6 is 11.3 Å². The molecular weight excluding hydrogens is 218 g/mol. The standard InChI is InChI=1S/C12H19N3S/c1-7(6-13)12-14-9-5-8-3-4-10(15(8)2)11(9)16-12/h7-8,10H,3-6,13H2,1-2H3. The first kappa shape index (κ1) is 10.7. The Bertz CT molecular complexity index is 401. The molecule has 3 nitrogen and oxygen atoms in total. The highest BCUT2D eigenvalue weighted by atomic mass is 32.1. The Morgan fingerprint density at radius 1 is 1.56 bits per heavy atom. The van der Waals surface area contributed by atoms with Crippen LogP contribution in [0.3, 0.4) is 0 Å². The lowest BCUT2D eigenvalue weighted by atomic mass is 10.1. The van der Waals surface area contributed by atoms with E-state index in [0.29, 0.717) is 18.5 Å². The van der Waals surface area contributed by atoms with E-state index >= 15 is 0 Å². The van der Waals surface area contributed by atoms with E-state index in [0.717, 1.165) is 12.5 Å². The van der Waals surface area contributed by atoms with Gasteiger partial charge < -0.3 is 5.73 Å².